The van der Waals surface area contributed by atoms with Crippen LogP contribution in [0.3, 0.4) is 0 Å². The maximum atomic E-state index is 11.6. The van der Waals surface area contributed by atoms with Crippen molar-refractivity contribution in [1.29, 1.82) is 0 Å². The highest BCUT2D eigenvalue weighted by atomic mass is 32.2. The van der Waals surface area contributed by atoms with Crippen molar-refractivity contribution >= 4 is 21.0 Å². The summed E-state index contributed by atoms with van der Waals surface area (Å²) in [5.41, 5.74) is 1.89. The van der Waals surface area contributed by atoms with Gasteiger partial charge in [0.05, 0.1) is 11.5 Å². The molecule has 1 unspecified atom stereocenters. The fourth-order valence-electron chi connectivity index (χ4n) is 3.44. The zero-order chi connectivity index (χ0) is 14.4. The molecule has 0 bridgehead atoms. The first kappa shape index (κ1) is 13.2. The van der Waals surface area contributed by atoms with Crippen molar-refractivity contribution in [3.05, 3.63) is 24.2 Å². The predicted octanol–water partition coefficient (Wildman–Crippen LogP) is 2.13. The van der Waals surface area contributed by atoms with E-state index in [0.29, 0.717) is 17.5 Å². The fourth-order valence-corrected chi connectivity index (χ4v) is 5.30. The molecule has 1 saturated carbocycles. The highest BCUT2D eigenvalue weighted by Gasteiger charge is 2.31. The first-order chi connectivity index (χ1) is 10.1. The summed E-state index contributed by atoms with van der Waals surface area (Å²) < 4.78 is 25.6. The van der Waals surface area contributed by atoms with E-state index in [1.807, 2.05) is 18.3 Å². The molecule has 0 N–H and O–H groups in total. The molecule has 1 aliphatic carbocycles. The van der Waals surface area contributed by atoms with E-state index < -0.39 is 9.84 Å². The summed E-state index contributed by atoms with van der Waals surface area (Å²) in [5, 5.41) is 0. The molecule has 2 aromatic heterocycles. The van der Waals surface area contributed by atoms with Crippen LogP contribution in [0.5, 0.6) is 0 Å². The summed E-state index contributed by atoms with van der Waals surface area (Å²) in [6.45, 7) is 0. The van der Waals surface area contributed by atoms with Crippen LogP contribution in [-0.4, -0.2) is 34.5 Å². The van der Waals surface area contributed by atoms with E-state index in [0.717, 1.165) is 29.8 Å². The molecule has 5 nitrogen and oxygen atoms in total. The Morgan fingerprint density at radius 1 is 1.29 bits per heavy atom. The van der Waals surface area contributed by atoms with Gasteiger partial charge < -0.3 is 4.57 Å². The quantitative estimate of drug-likeness (QED) is 0.871. The van der Waals surface area contributed by atoms with Gasteiger partial charge in [-0.05, 0) is 43.7 Å². The van der Waals surface area contributed by atoms with E-state index in [2.05, 4.69) is 9.55 Å². The normalized spacial score (nSPS) is 25.2. The lowest BCUT2D eigenvalue weighted by atomic mass is 9.92. The average molecular weight is 305 g/mol. The van der Waals surface area contributed by atoms with Gasteiger partial charge in [-0.25, -0.2) is 18.4 Å². The standard InChI is InChI=1S/C15H19N3O2S/c19-21(20)8-6-11(10-21)9-14-17-13-5-2-7-16-15(13)18(14)12-3-1-4-12/h2,5,7,11-12H,1,3-4,6,8-10H2. The first-order valence-electron chi connectivity index (χ1n) is 7.65. The smallest absolute Gasteiger partial charge is 0.160 e. The van der Waals surface area contributed by atoms with Gasteiger partial charge in [0.2, 0.25) is 0 Å². The Morgan fingerprint density at radius 2 is 2.14 bits per heavy atom. The second-order valence-electron chi connectivity index (χ2n) is 6.30. The highest BCUT2D eigenvalue weighted by molar-refractivity contribution is 7.91. The Balaban J connectivity index is 1.70. The SMILES string of the molecule is O=S1(=O)CCC(Cc2nc3cccnc3n2C2CCC2)C1. The van der Waals surface area contributed by atoms with Crippen molar-refractivity contribution in [1.82, 2.24) is 14.5 Å². The molecule has 2 fully saturated rings. The second-order valence-corrected chi connectivity index (χ2v) is 8.53. The van der Waals surface area contributed by atoms with E-state index in [1.54, 1.807) is 0 Å². The molecule has 1 atom stereocenters. The van der Waals surface area contributed by atoms with E-state index in [-0.39, 0.29) is 5.92 Å². The van der Waals surface area contributed by atoms with Gasteiger partial charge in [-0.2, -0.15) is 0 Å². The van der Waals surface area contributed by atoms with E-state index in [9.17, 15) is 8.42 Å². The maximum Gasteiger partial charge on any atom is 0.160 e. The molecular weight excluding hydrogens is 286 g/mol. The third-order valence-electron chi connectivity index (χ3n) is 4.76. The lowest BCUT2D eigenvalue weighted by Crippen LogP contribution is -2.21. The maximum absolute atomic E-state index is 11.6. The van der Waals surface area contributed by atoms with Gasteiger partial charge in [0, 0.05) is 18.7 Å². The van der Waals surface area contributed by atoms with Crippen molar-refractivity contribution in [2.24, 2.45) is 5.92 Å². The van der Waals surface area contributed by atoms with Gasteiger partial charge in [0.1, 0.15) is 11.3 Å². The number of hydrogen-bond acceptors (Lipinski definition) is 4. The summed E-state index contributed by atoms with van der Waals surface area (Å²) in [6, 6.07) is 4.40. The van der Waals surface area contributed by atoms with Crippen molar-refractivity contribution in [2.45, 2.75) is 38.1 Å². The molecule has 4 rings (SSSR count). The number of nitrogens with zero attached hydrogens (tertiary/aromatic N) is 3. The number of sulfone groups is 1. The Bertz CT molecular complexity index is 777. The molecule has 1 aliphatic heterocycles. The molecule has 0 radical (unpaired) electrons. The molecule has 0 spiro atoms. The minimum atomic E-state index is -2.82. The molecule has 2 aromatic rings. The lowest BCUT2D eigenvalue weighted by Gasteiger charge is -2.29. The zero-order valence-corrected chi connectivity index (χ0v) is 12.7. The van der Waals surface area contributed by atoms with Crippen LogP contribution in [0.2, 0.25) is 0 Å². The molecule has 3 heterocycles. The highest BCUT2D eigenvalue weighted by Crippen LogP contribution is 2.36. The van der Waals surface area contributed by atoms with Crippen LogP contribution in [0, 0.1) is 5.92 Å². The monoisotopic (exact) mass is 305 g/mol. The number of fused-ring (bicyclic) bond motifs is 1. The number of rotatable bonds is 3. The zero-order valence-electron chi connectivity index (χ0n) is 11.9. The second kappa shape index (κ2) is 4.80. The Labute approximate surface area is 124 Å². The van der Waals surface area contributed by atoms with Gasteiger partial charge in [0.25, 0.3) is 0 Å². The summed E-state index contributed by atoms with van der Waals surface area (Å²) in [6.07, 6.45) is 6.95. The van der Waals surface area contributed by atoms with Crippen LogP contribution in [-0.2, 0) is 16.3 Å². The Kier molecular flexibility index (Phi) is 3.03. The molecule has 1 saturated heterocycles. The fraction of sp³-hybridized carbons (Fsp3) is 0.600. The molecule has 6 heteroatoms. The van der Waals surface area contributed by atoms with Crippen LogP contribution >= 0.6 is 0 Å². The number of imidazole rings is 1. The first-order valence-corrected chi connectivity index (χ1v) is 9.47. The minimum Gasteiger partial charge on any atom is -0.310 e. The summed E-state index contributed by atoms with van der Waals surface area (Å²) >= 11 is 0. The Morgan fingerprint density at radius 3 is 2.81 bits per heavy atom. The number of aromatic nitrogens is 3. The van der Waals surface area contributed by atoms with Crippen LogP contribution in [0.4, 0.5) is 0 Å². The van der Waals surface area contributed by atoms with E-state index in [4.69, 9.17) is 4.98 Å². The van der Waals surface area contributed by atoms with Crippen LogP contribution < -0.4 is 0 Å². The largest absolute Gasteiger partial charge is 0.310 e. The summed E-state index contributed by atoms with van der Waals surface area (Å²) in [4.78, 5) is 9.22. The molecule has 112 valence electrons. The molecule has 2 aliphatic rings. The van der Waals surface area contributed by atoms with Gasteiger partial charge in [-0.3, -0.25) is 0 Å². The third-order valence-corrected chi connectivity index (χ3v) is 6.60. The summed E-state index contributed by atoms with van der Waals surface area (Å²) in [7, 11) is -2.82. The lowest BCUT2D eigenvalue weighted by molar-refractivity contribution is 0.308. The van der Waals surface area contributed by atoms with E-state index in [1.165, 1.54) is 19.3 Å². The van der Waals surface area contributed by atoms with Gasteiger partial charge >= 0.3 is 0 Å². The topological polar surface area (TPSA) is 64.8 Å². The predicted molar refractivity (Wildman–Crippen MR) is 80.9 cm³/mol. The third kappa shape index (κ3) is 2.35. The van der Waals surface area contributed by atoms with E-state index >= 15 is 0 Å². The molecule has 0 aromatic carbocycles. The van der Waals surface area contributed by atoms with Gasteiger partial charge in [-0.1, -0.05) is 0 Å². The van der Waals surface area contributed by atoms with Crippen molar-refractivity contribution in [2.75, 3.05) is 11.5 Å². The molecule has 0 amide bonds. The molecular formula is C15H19N3O2S. The van der Waals surface area contributed by atoms with Crippen LogP contribution in [0.1, 0.15) is 37.5 Å². The average Bonchev–Trinajstić information content (AvgIpc) is 2.90. The van der Waals surface area contributed by atoms with Crippen LogP contribution in [0.15, 0.2) is 18.3 Å². The number of hydrogen-bond donors (Lipinski definition) is 0. The Hall–Kier alpha value is -1.43. The van der Waals surface area contributed by atoms with Crippen molar-refractivity contribution in [3.8, 4) is 0 Å². The molecule has 21 heavy (non-hydrogen) atoms. The van der Waals surface area contributed by atoms with Crippen molar-refractivity contribution < 1.29 is 8.42 Å². The summed E-state index contributed by atoms with van der Waals surface area (Å²) in [5.74, 6) is 1.88. The van der Waals surface area contributed by atoms with Gasteiger partial charge in [0.15, 0.2) is 15.5 Å². The van der Waals surface area contributed by atoms with Crippen molar-refractivity contribution in [3.63, 3.8) is 0 Å². The van der Waals surface area contributed by atoms with Gasteiger partial charge in [-0.15, -0.1) is 0 Å². The minimum absolute atomic E-state index is 0.214. The number of pyridine rings is 1. The van der Waals surface area contributed by atoms with Crippen LogP contribution in [0.25, 0.3) is 11.2 Å².